The molecule has 0 aliphatic carbocycles. The second kappa shape index (κ2) is 7.09. The van der Waals surface area contributed by atoms with Gasteiger partial charge in [0.05, 0.1) is 6.20 Å². The van der Waals surface area contributed by atoms with E-state index >= 15 is 0 Å². The molecule has 1 amide bonds. The van der Waals surface area contributed by atoms with Crippen LogP contribution in [0, 0.1) is 0 Å². The standard InChI is InChI=1S/C20H13N3O4/c24-19(16-11-13-3-1-2-4-17(13)27-20(16)25)23-14-5-7-15(8-6-14)26-18-12-21-9-10-22-18/h1-12H,(H,23,24). The van der Waals surface area contributed by atoms with Gasteiger partial charge in [-0.2, -0.15) is 0 Å². The van der Waals surface area contributed by atoms with Gasteiger partial charge >= 0.3 is 5.63 Å². The predicted molar refractivity (Wildman–Crippen MR) is 99.0 cm³/mol. The van der Waals surface area contributed by atoms with E-state index in [1.807, 2.05) is 0 Å². The zero-order valence-electron chi connectivity index (χ0n) is 14.0. The van der Waals surface area contributed by atoms with Gasteiger partial charge in [-0.15, -0.1) is 0 Å². The molecule has 2 aromatic heterocycles. The molecule has 0 unspecified atom stereocenters. The van der Waals surface area contributed by atoms with Crippen LogP contribution in [-0.4, -0.2) is 15.9 Å². The molecule has 0 aliphatic rings. The summed E-state index contributed by atoms with van der Waals surface area (Å²) in [5.41, 5.74) is 0.200. The molecule has 0 fully saturated rings. The van der Waals surface area contributed by atoms with Gasteiger partial charge in [0.25, 0.3) is 5.91 Å². The number of anilines is 1. The number of benzene rings is 2. The Morgan fingerprint density at radius 3 is 2.63 bits per heavy atom. The predicted octanol–water partition coefficient (Wildman–Crippen LogP) is 3.63. The summed E-state index contributed by atoms with van der Waals surface area (Å²) in [4.78, 5) is 32.4. The van der Waals surface area contributed by atoms with Crippen molar-refractivity contribution in [2.75, 3.05) is 5.32 Å². The molecule has 2 heterocycles. The molecule has 0 bridgehead atoms. The summed E-state index contributed by atoms with van der Waals surface area (Å²) in [6.45, 7) is 0. The molecule has 1 N–H and O–H groups in total. The van der Waals surface area contributed by atoms with Crippen molar-refractivity contribution in [2.24, 2.45) is 0 Å². The van der Waals surface area contributed by atoms with Crippen molar-refractivity contribution in [2.45, 2.75) is 0 Å². The van der Waals surface area contributed by atoms with E-state index in [0.717, 1.165) is 0 Å². The second-order valence-corrected chi connectivity index (χ2v) is 5.61. The second-order valence-electron chi connectivity index (χ2n) is 5.61. The topological polar surface area (TPSA) is 94.3 Å². The van der Waals surface area contributed by atoms with Crippen molar-refractivity contribution in [3.8, 4) is 11.6 Å². The Labute approximate surface area is 153 Å². The van der Waals surface area contributed by atoms with E-state index in [1.165, 1.54) is 18.5 Å². The first-order valence-electron chi connectivity index (χ1n) is 8.07. The maximum absolute atomic E-state index is 12.4. The Hall–Kier alpha value is -4.00. The van der Waals surface area contributed by atoms with E-state index in [0.29, 0.717) is 28.3 Å². The van der Waals surface area contributed by atoms with Gasteiger partial charge in [0.15, 0.2) is 0 Å². The summed E-state index contributed by atoms with van der Waals surface area (Å²) in [5.74, 6) is 0.360. The number of carbonyl (C=O) groups is 1. The van der Waals surface area contributed by atoms with Gasteiger partial charge < -0.3 is 14.5 Å². The summed E-state index contributed by atoms with van der Waals surface area (Å²) in [7, 11) is 0. The molecular formula is C20H13N3O4. The third-order valence-electron chi connectivity index (χ3n) is 3.76. The van der Waals surface area contributed by atoms with Crippen LogP contribution in [0.1, 0.15) is 10.4 Å². The molecule has 7 heteroatoms. The molecule has 132 valence electrons. The van der Waals surface area contributed by atoms with Gasteiger partial charge in [0, 0.05) is 23.5 Å². The summed E-state index contributed by atoms with van der Waals surface area (Å²) < 4.78 is 10.7. The number of fused-ring (bicyclic) bond motifs is 1. The largest absolute Gasteiger partial charge is 0.438 e. The first kappa shape index (κ1) is 16.5. The maximum atomic E-state index is 12.4. The van der Waals surface area contributed by atoms with Gasteiger partial charge in [-0.1, -0.05) is 18.2 Å². The lowest BCUT2D eigenvalue weighted by Gasteiger charge is -2.07. The lowest BCUT2D eigenvalue weighted by atomic mass is 10.1. The van der Waals surface area contributed by atoms with E-state index in [9.17, 15) is 9.59 Å². The molecule has 0 atom stereocenters. The van der Waals surface area contributed by atoms with E-state index in [4.69, 9.17) is 9.15 Å². The highest BCUT2D eigenvalue weighted by molar-refractivity contribution is 6.05. The fourth-order valence-electron chi connectivity index (χ4n) is 2.48. The molecule has 0 saturated heterocycles. The maximum Gasteiger partial charge on any atom is 0.349 e. The summed E-state index contributed by atoms with van der Waals surface area (Å²) in [5, 5.41) is 3.35. The van der Waals surface area contributed by atoms with Crippen molar-refractivity contribution in [3.63, 3.8) is 0 Å². The minimum Gasteiger partial charge on any atom is -0.438 e. The van der Waals surface area contributed by atoms with E-state index in [2.05, 4.69) is 15.3 Å². The molecular weight excluding hydrogens is 346 g/mol. The smallest absolute Gasteiger partial charge is 0.349 e. The van der Waals surface area contributed by atoms with E-state index in [1.54, 1.807) is 54.7 Å². The van der Waals surface area contributed by atoms with Crippen LogP contribution in [0.5, 0.6) is 11.6 Å². The van der Waals surface area contributed by atoms with Crippen LogP contribution in [0.4, 0.5) is 5.69 Å². The quantitative estimate of drug-likeness (QED) is 0.559. The zero-order valence-corrected chi connectivity index (χ0v) is 14.0. The molecule has 0 saturated carbocycles. The van der Waals surface area contributed by atoms with Crippen molar-refractivity contribution >= 4 is 22.6 Å². The van der Waals surface area contributed by atoms with Crippen LogP contribution in [0.15, 0.2) is 82.4 Å². The average molecular weight is 359 g/mol. The minimum absolute atomic E-state index is 0.0615. The third-order valence-corrected chi connectivity index (χ3v) is 3.76. The van der Waals surface area contributed by atoms with Crippen molar-refractivity contribution in [1.82, 2.24) is 9.97 Å². The molecule has 4 rings (SSSR count). The first-order chi connectivity index (χ1) is 13.2. The Morgan fingerprint density at radius 2 is 1.85 bits per heavy atom. The summed E-state index contributed by atoms with van der Waals surface area (Å²) in [6.07, 6.45) is 4.57. The van der Waals surface area contributed by atoms with Gasteiger partial charge in [0.1, 0.15) is 16.9 Å². The molecule has 4 aromatic rings. The van der Waals surface area contributed by atoms with Gasteiger partial charge in [-0.05, 0) is 36.4 Å². The third kappa shape index (κ3) is 3.67. The molecule has 2 aromatic carbocycles. The highest BCUT2D eigenvalue weighted by Crippen LogP contribution is 2.21. The van der Waals surface area contributed by atoms with Gasteiger partial charge in [-0.25, -0.2) is 9.78 Å². The minimum atomic E-state index is -0.686. The number of nitrogens with one attached hydrogen (secondary N) is 1. The van der Waals surface area contributed by atoms with Crippen LogP contribution >= 0.6 is 0 Å². The van der Waals surface area contributed by atoms with Crippen LogP contribution in [0.3, 0.4) is 0 Å². The molecule has 0 radical (unpaired) electrons. The Morgan fingerprint density at radius 1 is 1.04 bits per heavy atom. The first-order valence-corrected chi connectivity index (χ1v) is 8.07. The number of rotatable bonds is 4. The van der Waals surface area contributed by atoms with E-state index < -0.39 is 11.5 Å². The fourth-order valence-corrected chi connectivity index (χ4v) is 2.48. The zero-order chi connectivity index (χ0) is 18.6. The van der Waals surface area contributed by atoms with Crippen LogP contribution in [0.2, 0.25) is 0 Å². The summed E-state index contributed by atoms with van der Waals surface area (Å²) >= 11 is 0. The molecule has 0 aliphatic heterocycles. The van der Waals surface area contributed by atoms with Crippen LogP contribution < -0.4 is 15.7 Å². The van der Waals surface area contributed by atoms with Crippen molar-refractivity contribution in [3.05, 3.63) is 89.2 Å². The van der Waals surface area contributed by atoms with Gasteiger partial charge in [-0.3, -0.25) is 9.78 Å². The lowest BCUT2D eigenvalue weighted by molar-refractivity contribution is 0.102. The monoisotopic (exact) mass is 359 g/mol. The molecule has 0 spiro atoms. The number of amides is 1. The number of aromatic nitrogens is 2. The van der Waals surface area contributed by atoms with Crippen LogP contribution in [-0.2, 0) is 0 Å². The Kier molecular flexibility index (Phi) is 4.32. The number of para-hydroxylation sites is 1. The Bertz CT molecular complexity index is 1160. The normalized spacial score (nSPS) is 10.5. The molecule has 27 heavy (non-hydrogen) atoms. The lowest BCUT2D eigenvalue weighted by Crippen LogP contribution is -2.20. The fraction of sp³-hybridized carbons (Fsp3) is 0. The average Bonchev–Trinajstić information content (AvgIpc) is 2.69. The van der Waals surface area contributed by atoms with Crippen molar-refractivity contribution < 1.29 is 13.9 Å². The highest BCUT2D eigenvalue weighted by Gasteiger charge is 2.14. The SMILES string of the molecule is O=C(Nc1ccc(Oc2cnccn2)cc1)c1cc2ccccc2oc1=O. The molecule has 7 nitrogen and oxygen atoms in total. The van der Waals surface area contributed by atoms with Crippen LogP contribution in [0.25, 0.3) is 11.0 Å². The number of nitrogens with zero attached hydrogens (tertiary/aromatic N) is 2. The number of hydrogen-bond acceptors (Lipinski definition) is 6. The number of ether oxygens (including phenoxy) is 1. The van der Waals surface area contributed by atoms with Crippen molar-refractivity contribution in [1.29, 1.82) is 0 Å². The number of carbonyl (C=O) groups excluding carboxylic acids is 1. The van der Waals surface area contributed by atoms with Gasteiger partial charge in [0.2, 0.25) is 5.88 Å². The Balaban J connectivity index is 1.51. The van der Waals surface area contributed by atoms with E-state index in [-0.39, 0.29) is 5.56 Å². The summed E-state index contributed by atoms with van der Waals surface area (Å²) in [6, 6.07) is 15.2. The number of hydrogen-bond donors (Lipinski definition) is 1. The highest BCUT2D eigenvalue weighted by atomic mass is 16.5.